The van der Waals surface area contributed by atoms with Crippen LogP contribution in [0, 0.1) is 69.2 Å². The molecule has 1 N–H and O–H groups in total. The molecular formula is C54H60O27S9-8. The van der Waals surface area contributed by atoms with Gasteiger partial charge in [0, 0.05) is 0 Å². The second kappa shape index (κ2) is 33.9. The van der Waals surface area contributed by atoms with Crippen LogP contribution >= 0.6 is 0 Å². The third-order valence-electron chi connectivity index (χ3n) is 10.9. The summed E-state index contributed by atoms with van der Waals surface area (Å²) in [7, 11) is -42.0. The molecule has 0 aromatic heterocycles. The Kier molecular flexibility index (Phi) is 31.5. The summed E-state index contributed by atoms with van der Waals surface area (Å²) in [5, 5.41) is 0. The minimum Gasteiger partial charge on any atom is -0.744 e. The topological polar surface area (TPSA) is 512 Å². The van der Waals surface area contributed by atoms with Crippen LogP contribution in [0.1, 0.15) is 69.5 Å². The van der Waals surface area contributed by atoms with Gasteiger partial charge >= 0.3 is 0 Å². The molecule has 27 nitrogen and oxygen atoms in total. The first-order valence-electron chi connectivity index (χ1n) is 24.7. The van der Waals surface area contributed by atoms with Gasteiger partial charge in [0.05, 0.1) is 39.2 Å². The fourth-order valence-electron chi connectivity index (χ4n) is 6.86. The minimum atomic E-state index is -4.97. The number of benzene rings is 7. The smallest absolute Gasteiger partial charge is 0.295 e. The van der Waals surface area contributed by atoms with E-state index >= 15 is 0 Å². The van der Waals surface area contributed by atoms with Crippen molar-refractivity contribution < 1.29 is 117 Å². The van der Waals surface area contributed by atoms with E-state index in [1.54, 1.807) is 58.9 Å². The lowest BCUT2D eigenvalue weighted by Crippen LogP contribution is -2.10. The molecule has 0 saturated carbocycles. The third kappa shape index (κ3) is 29.3. The van der Waals surface area contributed by atoms with Gasteiger partial charge in [-0.25, -0.2) is 67.3 Å². The van der Waals surface area contributed by atoms with Crippen LogP contribution in [0.4, 0.5) is 0 Å². The molecule has 0 bridgehead atoms. The Morgan fingerprint density at radius 1 is 0.256 bits per heavy atom. The summed E-state index contributed by atoms with van der Waals surface area (Å²) in [6.07, 6.45) is 0. The van der Waals surface area contributed by atoms with Gasteiger partial charge in [0.25, 0.3) is 10.1 Å². The van der Waals surface area contributed by atoms with E-state index in [1.165, 1.54) is 68.8 Å². The number of hydrogen-bond acceptors (Lipinski definition) is 26. The Morgan fingerprint density at radius 2 is 0.656 bits per heavy atom. The second-order valence-corrected chi connectivity index (χ2v) is 30.5. The fourth-order valence-corrected chi connectivity index (χ4v) is 14.1. The van der Waals surface area contributed by atoms with Crippen molar-refractivity contribution in [2.75, 3.05) is 0 Å². The van der Waals surface area contributed by atoms with Crippen molar-refractivity contribution in [1.29, 1.82) is 0 Å². The molecule has 0 amide bonds. The molecule has 0 spiro atoms. The number of hydrogen-bond donors (Lipinski definition) is 1. The Hall–Kier alpha value is -6.27. The van der Waals surface area contributed by atoms with Gasteiger partial charge in [0.15, 0.2) is 0 Å². The van der Waals surface area contributed by atoms with E-state index in [1.807, 2.05) is 45.0 Å². The highest BCUT2D eigenvalue weighted by atomic mass is 32.3. The SMILES string of the molecule is CC.Cc1cc(C)cc(S(=O)(=O)[O-])c1.Cc1ccc(S(=O)(=O)[O-])c(C)c1.Cc1ccc(S(=O)(=O)[O-])c(S(=O)(=O)[O-])c1.Cc1ccc(S(=O)(=O)[O-])cc1S(=O)(=O)[O-].Cc1cccc(S(=O)(=O)O)c1S(=O)(=O)[O-].Cc1cccc(S(=O)(=O)[O-])c1C.Cc1ccccc1. The summed E-state index contributed by atoms with van der Waals surface area (Å²) in [6, 6.07) is 32.9. The van der Waals surface area contributed by atoms with Gasteiger partial charge in [0.2, 0.25) is 0 Å². The van der Waals surface area contributed by atoms with Crippen molar-refractivity contribution in [2.24, 2.45) is 0 Å². The van der Waals surface area contributed by atoms with Crippen LogP contribution in [0.3, 0.4) is 0 Å². The summed E-state index contributed by atoms with van der Waals surface area (Å²) >= 11 is 0. The lowest BCUT2D eigenvalue weighted by atomic mass is 10.1. The normalized spacial score (nSPS) is 11.7. The summed E-state index contributed by atoms with van der Waals surface area (Å²) < 4.78 is 286. The summed E-state index contributed by atoms with van der Waals surface area (Å²) in [5.41, 5.74) is 6.12. The molecule has 7 aromatic rings. The molecular weight excluding hydrogens is 1370 g/mol. The average molecular weight is 1430 g/mol. The van der Waals surface area contributed by atoms with Gasteiger partial charge < -0.3 is 36.4 Å². The Labute approximate surface area is 526 Å². The van der Waals surface area contributed by atoms with Gasteiger partial charge in [-0.2, -0.15) is 8.42 Å². The zero-order chi connectivity index (χ0) is 70.7. The van der Waals surface area contributed by atoms with Crippen LogP contribution in [0.2, 0.25) is 0 Å². The van der Waals surface area contributed by atoms with Crippen molar-refractivity contribution >= 4 is 91.1 Å². The average Bonchev–Trinajstić information content (AvgIpc) is 2.76. The molecule has 36 heteroatoms. The van der Waals surface area contributed by atoms with Crippen LogP contribution in [0.25, 0.3) is 0 Å². The number of aryl methyl sites for hydroxylation is 9. The number of rotatable bonds is 9. The molecule has 0 aliphatic heterocycles. The standard InChI is InChI=1S/3C8H10O3S.3C7H8O6S2.C7H8.C2H6/c1-6-3-7(2)5-8(4-6)12(9,10)11;1-6-3-4-8(7(2)5-6)12(9,10)11;1-6-4-3-5-8(7(6)2)12(9,10)11;1-5-2-3-6(14(8,9)10)4-7(5)15(11,12)13;1-5-2-3-6(14(8,9)10)7(4-5)15(11,12)13;1-5-3-2-4-6(14(8,9)10)7(5)15(11,12)13;1-7-5-3-2-4-6-7;1-2/h3*3-5H,1-2H3,(H,9,10,11);3*2-4H,1H3,(H,8,9,10)(H,11,12,13);2-6H,1H3;1-2H3/p-8. The first kappa shape index (κ1) is 83.7. The van der Waals surface area contributed by atoms with Crippen molar-refractivity contribution in [3.8, 4) is 0 Å². The summed E-state index contributed by atoms with van der Waals surface area (Å²) in [4.78, 5) is -5.65. The second-order valence-electron chi connectivity index (χ2n) is 18.3. The maximum absolute atomic E-state index is 10.8. The van der Waals surface area contributed by atoms with Gasteiger partial charge in [-0.3, -0.25) is 4.55 Å². The molecule has 0 saturated heterocycles. The highest BCUT2D eigenvalue weighted by Gasteiger charge is 2.21. The van der Waals surface area contributed by atoms with Crippen molar-refractivity contribution in [1.82, 2.24) is 0 Å². The molecule has 0 radical (unpaired) electrons. The fraction of sp³-hybridized carbons (Fsp3) is 0.222. The van der Waals surface area contributed by atoms with E-state index in [0.29, 0.717) is 22.8 Å². The first-order valence-corrected chi connectivity index (χ1v) is 37.4. The van der Waals surface area contributed by atoms with Crippen LogP contribution < -0.4 is 0 Å². The summed E-state index contributed by atoms with van der Waals surface area (Å²) in [6.45, 7) is 20.5. The van der Waals surface area contributed by atoms with Gasteiger partial charge in [-0.1, -0.05) is 110 Å². The molecule has 7 rings (SSSR count). The predicted octanol–water partition coefficient (Wildman–Crippen LogP) is 6.40. The quantitative estimate of drug-likeness (QED) is 0.153. The van der Waals surface area contributed by atoms with E-state index in [4.69, 9.17) is 4.55 Å². The summed E-state index contributed by atoms with van der Waals surface area (Å²) in [5.74, 6) is 0. The molecule has 0 atom stereocenters. The van der Waals surface area contributed by atoms with Gasteiger partial charge in [-0.15, -0.1) is 0 Å². The molecule has 500 valence electrons. The van der Waals surface area contributed by atoms with Crippen molar-refractivity contribution in [3.63, 3.8) is 0 Å². The van der Waals surface area contributed by atoms with Crippen LogP contribution in [-0.2, 0) is 91.1 Å². The van der Waals surface area contributed by atoms with Gasteiger partial charge in [-0.05, 0) is 168 Å². The zero-order valence-electron chi connectivity index (χ0n) is 49.5. The molecule has 0 fully saturated rings. The zero-order valence-corrected chi connectivity index (χ0v) is 56.9. The van der Waals surface area contributed by atoms with Crippen molar-refractivity contribution in [2.45, 2.75) is 127 Å². The van der Waals surface area contributed by atoms with E-state index in [2.05, 4.69) is 19.1 Å². The monoisotopic (exact) mass is 1430 g/mol. The van der Waals surface area contributed by atoms with E-state index in [0.717, 1.165) is 52.6 Å². The molecule has 0 aliphatic carbocycles. The van der Waals surface area contributed by atoms with Crippen LogP contribution in [0.15, 0.2) is 184 Å². The van der Waals surface area contributed by atoms with E-state index in [-0.39, 0.29) is 25.8 Å². The maximum atomic E-state index is 10.8. The van der Waals surface area contributed by atoms with Crippen LogP contribution in [-0.4, -0.2) is 117 Å². The predicted molar refractivity (Wildman–Crippen MR) is 317 cm³/mol. The third-order valence-corrected chi connectivity index (χ3v) is 19.5. The van der Waals surface area contributed by atoms with Crippen molar-refractivity contribution in [3.05, 3.63) is 195 Å². The lowest BCUT2D eigenvalue weighted by molar-refractivity contribution is 0.447. The highest BCUT2D eigenvalue weighted by molar-refractivity contribution is 7.89. The maximum Gasteiger partial charge on any atom is 0.295 e. The lowest BCUT2D eigenvalue weighted by Gasteiger charge is -2.15. The van der Waals surface area contributed by atoms with Gasteiger partial charge in [0.1, 0.15) is 85.8 Å². The first-order chi connectivity index (χ1) is 40.5. The highest BCUT2D eigenvalue weighted by Crippen LogP contribution is 2.25. The molecule has 0 heterocycles. The van der Waals surface area contributed by atoms with Crippen LogP contribution in [0.5, 0.6) is 0 Å². The minimum absolute atomic E-state index is 0.0277. The molecule has 0 unspecified atom stereocenters. The van der Waals surface area contributed by atoms with E-state index < -0.39 is 120 Å². The Morgan fingerprint density at radius 3 is 1.00 bits per heavy atom. The molecule has 90 heavy (non-hydrogen) atoms. The molecule has 0 aliphatic rings. The molecule has 7 aromatic carbocycles. The Balaban J connectivity index is 0.00000103. The Bertz CT molecular complexity index is 4680. The van der Waals surface area contributed by atoms with E-state index in [9.17, 15) is 112 Å². The largest absolute Gasteiger partial charge is 0.744 e.